The molecule has 0 spiro atoms. The van der Waals surface area contributed by atoms with Crippen molar-refractivity contribution in [3.05, 3.63) is 69.1 Å². The molecule has 2 aromatic rings. The number of nitrogens with zero attached hydrogens (tertiary/aromatic N) is 1. The summed E-state index contributed by atoms with van der Waals surface area (Å²) in [5.41, 5.74) is 2.76. The number of anilines is 1. The summed E-state index contributed by atoms with van der Waals surface area (Å²) in [5, 5.41) is 15.7. The van der Waals surface area contributed by atoms with Gasteiger partial charge >= 0.3 is 5.97 Å². The standard InChI is InChI=1S/C22H21Cl2N3O4/c1-2-14-17(7-8-19(14)28)26-18(22(30)31)9-12-3-5-13(6-4-12)21(29)27-20-15(23)10-25-11-16(20)24/h3-6,10-11,18,26H,2,7-9H2,1H3,(H,30,31)(H,25,27,29)/t18-/m0/s1. The minimum Gasteiger partial charge on any atom is -0.480 e. The molecule has 1 aromatic heterocycles. The first-order valence-electron chi connectivity index (χ1n) is 9.74. The summed E-state index contributed by atoms with van der Waals surface area (Å²) < 4.78 is 0. The molecular formula is C22H21Cl2N3O4. The van der Waals surface area contributed by atoms with E-state index in [9.17, 15) is 19.5 Å². The molecule has 0 saturated carbocycles. The number of carbonyl (C=O) groups excluding carboxylic acids is 2. The van der Waals surface area contributed by atoms with E-state index in [1.165, 1.54) is 12.4 Å². The van der Waals surface area contributed by atoms with Gasteiger partial charge in [0.15, 0.2) is 5.78 Å². The Morgan fingerprint density at radius 2 is 1.77 bits per heavy atom. The van der Waals surface area contributed by atoms with Crippen molar-refractivity contribution in [1.29, 1.82) is 0 Å². The number of carbonyl (C=O) groups is 3. The van der Waals surface area contributed by atoms with Gasteiger partial charge in [-0.3, -0.25) is 14.6 Å². The van der Waals surface area contributed by atoms with Crippen molar-refractivity contribution in [2.24, 2.45) is 0 Å². The molecule has 0 fully saturated rings. The van der Waals surface area contributed by atoms with Gasteiger partial charge in [0.05, 0.1) is 15.7 Å². The lowest BCUT2D eigenvalue weighted by Gasteiger charge is -2.18. The number of pyridine rings is 1. The van der Waals surface area contributed by atoms with E-state index in [1.54, 1.807) is 24.3 Å². The van der Waals surface area contributed by atoms with Gasteiger partial charge in [-0.05, 0) is 30.5 Å². The third kappa shape index (κ3) is 5.42. The second kappa shape index (κ2) is 9.94. The van der Waals surface area contributed by atoms with Gasteiger partial charge in [-0.1, -0.05) is 42.3 Å². The predicted molar refractivity (Wildman–Crippen MR) is 118 cm³/mol. The highest BCUT2D eigenvalue weighted by Crippen LogP contribution is 2.29. The van der Waals surface area contributed by atoms with Crippen LogP contribution < -0.4 is 10.6 Å². The third-order valence-corrected chi connectivity index (χ3v) is 5.62. The van der Waals surface area contributed by atoms with Crippen LogP contribution in [0.2, 0.25) is 10.0 Å². The van der Waals surface area contributed by atoms with E-state index in [0.717, 1.165) is 5.56 Å². The number of carboxylic acids is 1. The average molecular weight is 462 g/mol. The number of hydrogen-bond acceptors (Lipinski definition) is 5. The summed E-state index contributed by atoms with van der Waals surface area (Å²) >= 11 is 12.0. The molecule has 0 unspecified atom stereocenters. The third-order valence-electron chi connectivity index (χ3n) is 5.05. The van der Waals surface area contributed by atoms with Crippen molar-refractivity contribution in [1.82, 2.24) is 10.3 Å². The molecule has 9 heteroatoms. The molecule has 0 aliphatic heterocycles. The molecule has 3 N–H and O–H groups in total. The number of ketones is 1. The van der Waals surface area contributed by atoms with Gasteiger partial charge in [0.1, 0.15) is 6.04 Å². The van der Waals surface area contributed by atoms with Crippen molar-refractivity contribution in [2.75, 3.05) is 5.32 Å². The molecule has 1 heterocycles. The van der Waals surface area contributed by atoms with Crippen LogP contribution in [0.5, 0.6) is 0 Å². The highest BCUT2D eigenvalue weighted by Gasteiger charge is 2.26. The highest BCUT2D eigenvalue weighted by molar-refractivity contribution is 6.39. The zero-order chi connectivity index (χ0) is 22.5. The number of Topliss-reactive ketones (excluding diaryl/α,β-unsaturated/α-hetero) is 1. The molecule has 0 bridgehead atoms. The minimum absolute atomic E-state index is 0.0684. The van der Waals surface area contributed by atoms with Gasteiger partial charge in [0.25, 0.3) is 5.91 Å². The normalized spacial score (nSPS) is 14.5. The Bertz CT molecular complexity index is 1030. The lowest BCUT2D eigenvalue weighted by atomic mass is 10.0. The Morgan fingerprint density at radius 3 is 2.35 bits per heavy atom. The number of aliphatic carboxylic acids is 1. The smallest absolute Gasteiger partial charge is 0.326 e. The number of nitrogens with one attached hydrogen (secondary N) is 2. The van der Waals surface area contributed by atoms with Crippen molar-refractivity contribution in [3.63, 3.8) is 0 Å². The molecule has 31 heavy (non-hydrogen) atoms. The van der Waals surface area contributed by atoms with Gasteiger partial charge in [0, 0.05) is 42.1 Å². The molecule has 1 aromatic carbocycles. The first-order chi connectivity index (χ1) is 14.8. The van der Waals surface area contributed by atoms with Gasteiger partial charge < -0.3 is 15.7 Å². The molecule has 1 aliphatic rings. The van der Waals surface area contributed by atoms with Crippen LogP contribution in [0.25, 0.3) is 0 Å². The van der Waals surface area contributed by atoms with E-state index in [2.05, 4.69) is 15.6 Å². The lowest BCUT2D eigenvalue weighted by molar-refractivity contribution is -0.139. The van der Waals surface area contributed by atoms with Gasteiger partial charge in [-0.15, -0.1) is 0 Å². The summed E-state index contributed by atoms with van der Waals surface area (Å²) in [6.07, 6.45) is 4.47. The fourth-order valence-corrected chi connectivity index (χ4v) is 3.89. The first-order valence-corrected chi connectivity index (χ1v) is 10.5. The van der Waals surface area contributed by atoms with Crippen LogP contribution in [0, 0.1) is 0 Å². The molecule has 0 radical (unpaired) electrons. The highest BCUT2D eigenvalue weighted by atomic mass is 35.5. The number of hydrogen-bond donors (Lipinski definition) is 3. The van der Waals surface area contributed by atoms with Crippen LogP contribution >= 0.6 is 23.2 Å². The Kier molecular flexibility index (Phi) is 7.30. The Morgan fingerprint density at radius 1 is 1.13 bits per heavy atom. The van der Waals surface area contributed by atoms with Crippen LogP contribution in [0.4, 0.5) is 5.69 Å². The van der Waals surface area contributed by atoms with Crippen LogP contribution in [0.3, 0.4) is 0 Å². The summed E-state index contributed by atoms with van der Waals surface area (Å²) in [6.45, 7) is 1.88. The maximum absolute atomic E-state index is 12.5. The summed E-state index contributed by atoms with van der Waals surface area (Å²) in [6, 6.07) is 5.70. The second-order valence-corrected chi connectivity index (χ2v) is 7.92. The van der Waals surface area contributed by atoms with E-state index < -0.39 is 17.9 Å². The van der Waals surface area contributed by atoms with Gasteiger partial charge in [0.2, 0.25) is 0 Å². The van der Waals surface area contributed by atoms with Crippen molar-refractivity contribution < 1.29 is 19.5 Å². The Balaban J connectivity index is 1.70. The molecular weight excluding hydrogens is 441 g/mol. The first kappa shape index (κ1) is 22.8. The van der Waals surface area contributed by atoms with Crippen molar-refractivity contribution in [3.8, 4) is 0 Å². The van der Waals surface area contributed by atoms with Crippen LogP contribution in [0.1, 0.15) is 42.1 Å². The number of allylic oxidation sites excluding steroid dienone is 2. The van der Waals surface area contributed by atoms with Crippen molar-refractivity contribution >= 4 is 46.5 Å². The quantitative estimate of drug-likeness (QED) is 0.541. The zero-order valence-corrected chi connectivity index (χ0v) is 18.3. The number of rotatable bonds is 8. The van der Waals surface area contributed by atoms with E-state index in [-0.39, 0.29) is 27.9 Å². The molecule has 1 atom stereocenters. The molecule has 0 saturated heterocycles. The number of aromatic nitrogens is 1. The topological polar surface area (TPSA) is 108 Å². The maximum atomic E-state index is 12.5. The largest absolute Gasteiger partial charge is 0.480 e. The number of carboxylic acid groups (broad SMARTS) is 1. The van der Waals surface area contributed by atoms with Crippen molar-refractivity contribution in [2.45, 2.75) is 38.6 Å². The van der Waals surface area contributed by atoms with Crippen LogP contribution in [-0.2, 0) is 16.0 Å². The Hall–Kier alpha value is -2.90. The Labute approximate surface area is 189 Å². The lowest BCUT2D eigenvalue weighted by Crippen LogP contribution is -2.38. The summed E-state index contributed by atoms with van der Waals surface area (Å²) in [7, 11) is 0. The fourth-order valence-electron chi connectivity index (χ4n) is 3.43. The second-order valence-electron chi connectivity index (χ2n) is 7.10. The minimum atomic E-state index is -1.01. The van der Waals surface area contributed by atoms with E-state index in [1.807, 2.05) is 6.92 Å². The average Bonchev–Trinajstić information content (AvgIpc) is 3.09. The van der Waals surface area contributed by atoms with Crippen LogP contribution in [0.15, 0.2) is 47.9 Å². The predicted octanol–water partition coefficient (Wildman–Crippen LogP) is 4.25. The van der Waals surface area contributed by atoms with E-state index >= 15 is 0 Å². The number of benzene rings is 1. The zero-order valence-electron chi connectivity index (χ0n) is 16.7. The molecule has 7 nitrogen and oxygen atoms in total. The molecule has 1 amide bonds. The summed E-state index contributed by atoms with van der Waals surface area (Å²) in [5.74, 6) is -1.35. The molecule has 162 valence electrons. The SMILES string of the molecule is CCC1=C(N[C@@H](Cc2ccc(C(=O)Nc3c(Cl)cncc3Cl)cc2)C(=O)O)CCC1=O. The van der Waals surface area contributed by atoms with E-state index in [0.29, 0.717) is 36.1 Å². The van der Waals surface area contributed by atoms with Gasteiger partial charge in [-0.25, -0.2) is 4.79 Å². The number of amides is 1. The maximum Gasteiger partial charge on any atom is 0.326 e. The van der Waals surface area contributed by atoms with Crippen LogP contribution in [-0.4, -0.2) is 33.8 Å². The molecule has 3 rings (SSSR count). The molecule has 1 aliphatic carbocycles. The van der Waals surface area contributed by atoms with Gasteiger partial charge in [-0.2, -0.15) is 0 Å². The summed E-state index contributed by atoms with van der Waals surface area (Å²) in [4.78, 5) is 40.0. The monoisotopic (exact) mass is 461 g/mol. The number of halogens is 2. The fraction of sp³-hybridized carbons (Fsp3) is 0.273. The van der Waals surface area contributed by atoms with E-state index in [4.69, 9.17) is 23.2 Å².